The van der Waals surface area contributed by atoms with Gasteiger partial charge in [0.1, 0.15) is 0 Å². The number of thiazole rings is 1. The first kappa shape index (κ1) is 14.2. The number of carbonyl (C=O) groups excluding carboxylic acids is 1. The van der Waals surface area contributed by atoms with Gasteiger partial charge in [-0.25, -0.2) is 4.98 Å². The lowest BCUT2D eigenvalue weighted by atomic mass is 10.3. The summed E-state index contributed by atoms with van der Waals surface area (Å²) in [7, 11) is 0. The Morgan fingerprint density at radius 3 is 2.24 bits per heavy atom. The number of aromatic nitrogens is 1. The number of aldehydes is 1. The Morgan fingerprint density at radius 1 is 1.24 bits per heavy atom. The summed E-state index contributed by atoms with van der Waals surface area (Å²) >= 11 is 1.52. The molecule has 0 aliphatic carbocycles. The molecule has 0 radical (unpaired) electrons. The molecule has 0 aliphatic heterocycles. The largest absolute Gasteiger partial charge is 0.348 e. The van der Waals surface area contributed by atoms with Gasteiger partial charge >= 0.3 is 0 Å². The van der Waals surface area contributed by atoms with E-state index in [1.54, 1.807) is 0 Å². The predicted molar refractivity (Wildman–Crippen MR) is 74.3 cm³/mol. The van der Waals surface area contributed by atoms with Crippen LogP contribution in [0.1, 0.15) is 54.9 Å². The van der Waals surface area contributed by atoms with Crippen molar-refractivity contribution in [3.05, 3.63) is 10.6 Å². The monoisotopic (exact) mass is 254 g/mol. The minimum Gasteiger partial charge on any atom is -0.348 e. The molecule has 1 aromatic rings. The molecule has 1 heterocycles. The highest BCUT2D eigenvalue weighted by Crippen LogP contribution is 2.25. The second-order valence-corrected chi connectivity index (χ2v) is 5.27. The van der Waals surface area contributed by atoms with Gasteiger partial charge in [-0.3, -0.25) is 4.79 Å². The smallest absolute Gasteiger partial charge is 0.186 e. The zero-order chi connectivity index (χ0) is 12.7. The first-order valence-corrected chi connectivity index (χ1v) is 7.22. The number of aryl methyl sites for hydroxylation is 1. The molecule has 0 bridgehead atoms. The van der Waals surface area contributed by atoms with Crippen LogP contribution >= 0.6 is 11.3 Å². The molecule has 0 saturated carbocycles. The molecule has 0 saturated heterocycles. The first-order valence-electron chi connectivity index (χ1n) is 6.40. The summed E-state index contributed by atoms with van der Waals surface area (Å²) < 4.78 is 0. The minimum atomic E-state index is 0.762. The standard InChI is InChI=1S/C13H22N2OS/c1-4-6-8-15(9-7-5-2)13-14-11(3)12(10-16)17-13/h10H,4-9H2,1-3H3. The molecule has 0 aliphatic rings. The maximum absolute atomic E-state index is 10.8. The summed E-state index contributed by atoms with van der Waals surface area (Å²) in [5.41, 5.74) is 0.859. The highest BCUT2D eigenvalue weighted by molar-refractivity contribution is 7.17. The Kier molecular flexibility index (Phi) is 6.19. The van der Waals surface area contributed by atoms with Crippen molar-refractivity contribution in [2.75, 3.05) is 18.0 Å². The number of rotatable bonds is 8. The van der Waals surface area contributed by atoms with Gasteiger partial charge < -0.3 is 4.90 Å². The summed E-state index contributed by atoms with van der Waals surface area (Å²) in [6, 6.07) is 0. The van der Waals surface area contributed by atoms with E-state index in [4.69, 9.17) is 0 Å². The van der Waals surface area contributed by atoms with Crippen LogP contribution in [-0.4, -0.2) is 24.4 Å². The normalized spacial score (nSPS) is 10.5. The molecule has 1 rings (SSSR count). The van der Waals surface area contributed by atoms with Crippen molar-refractivity contribution in [1.82, 2.24) is 4.98 Å². The average molecular weight is 254 g/mol. The SMILES string of the molecule is CCCCN(CCCC)c1nc(C)c(C=O)s1. The zero-order valence-electron chi connectivity index (χ0n) is 11.0. The molecule has 0 fully saturated rings. The van der Waals surface area contributed by atoms with Crippen LogP contribution < -0.4 is 4.90 Å². The number of hydrogen-bond donors (Lipinski definition) is 0. The van der Waals surface area contributed by atoms with E-state index in [2.05, 4.69) is 23.7 Å². The highest BCUT2D eigenvalue weighted by Gasteiger charge is 2.12. The second kappa shape index (κ2) is 7.43. The Balaban J connectivity index is 2.75. The summed E-state index contributed by atoms with van der Waals surface area (Å²) in [5.74, 6) is 0. The molecule has 1 aromatic heterocycles. The third-order valence-electron chi connectivity index (χ3n) is 2.76. The molecule has 4 heteroatoms. The maximum Gasteiger partial charge on any atom is 0.186 e. The fourth-order valence-corrected chi connectivity index (χ4v) is 2.57. The van der Waals surface area contributed by atoms with Crippen LogP contribution in [0.25, 0.3) is 0 Å². The van der Waals surface area contributed by atoms with E-state index < -0.39 is 0 Å². The van der Waals surface area contributed by atoms with E-state index in [9.17, 15) is 4.79 Å². The third kappa shape index (κ3) is 4.11. The summed E-state index contributed by atoms with van der Waals surface area (Å²) in [6.45, 7) is 8.38. The Morgan fingerprint density at radius 2 is 1.82 bits per heavy atom. The van der Waals surface area contributed by atoms with E-state index in [0.717, 1.165) is 35.1 Å². The fourth-order valence-electron chi connectivity index (χ4n) is 1.64. The van der Waals surface area contributed by atoms with Crippen molar-refractivity contribution < 1.29 is 4.79 Å². The van der Waals surface area contributed by atoms with Crippen LogP contribution in [0.4, 0.5) is 5.13 Å². The van der Waals surface area contributed by atoms with Crippen LogP contribution in [0.3, 0.4) is 0 Å². The summed E-state index contributed by atoms with van der Waals surface area (Å²) in [5, 5.41) is 1.01. The quantitative estimate of drug-likeness (QED) is 0.664. The molecule has 96 valence electrons. The molecular formula is C13H22N2OS. The number of hydrogen-bond acceptors (Lipinski definition) is 4. The topological polar surface area (TPSA) is 33.2 Å². The number of unbranched alkanes of at least 4 members (excludes halogenated alkanes) is 2. The lowest BCUT2D eigenvalue weighted by Gasteiger charge is -2.21. The van der Waals surface area contributed by atoms with Crippen molar-refractivity contribution >= 4 is 22.8 Å². The fraction of sp³-hybridized carbons (Fsp3) is 0.692. The number of anilines is 1. The molecule has 0 amide bonds. The Labute approximate surface area is 108 Å². The molecule has 17 heavy (non-hydrogen) atoms. The van der Waals surface area contributed by atoms with Gasteiger partial charge in [-0.2, -0.15) is 0 Å². The second-order valence-electron chi connectivity index (χ2n) is 4.26. The number of carbonyl (C=O) groups is 1. The van der Waals surface area contributed by atoms with E-state index in [1.807, 2.05) is 6.92 Å². The van der Waals surface area contributed by atoms with Crippen LogP contribution in [0.5, 0.6) is 0 Å². The molecule has 0 aromatic carbocycles. The average Bonchev–Trinajstić information content (AvgIpc) is 2.70. The van der Waals surface area contributed by atoms with Crippen LogP contribution in [0.15, 0.2) is 0 Å². The summed E-state index contributed by atoms with van der Waals surface area (Å²) in [6.07, 6.45) is 5.65. The first-order chi connectivity index (χ1) is 8.22. The van der Waals surface area contributed by atoms with Crippen molar-refractivity contribution in [2.45, 2.75) is 46.5 Å². The highest BCUT2D eigenvalue weighted by atomic mass is 32.1. The maximum atomic E-state index is 10.8. The molecule has 0 N–H and O–H groups in total. The van der Waals surface area contributed by atoms with E-state index in [0.29, 0.717) is 0 Å². The van der Waals surface area contributed by atoms with Crippen molar-refractivity contribution in [3.8, 4) is 0 Å². The van der Waals surface area contributed by atoms with Gasteiger partial charge in [0.05, 0.1) is 10.6 Å². The van der Waals surface area contributed by atoms with Gasteiger partial charge in [-0.1, -0.05) is 38.0 Å². The van der Waals surface area contributed by atoms with Crippen LogP contribution in [-0.2, 0) is 0 Å². The lowest BCUT2D eigenvalue weighted by Crippen LogP contribution is -2.25. The van der Waals surface area contributed by atoms with Crippen molar-refractivity contribution in [3.63, 3.8) is 0 Å². The van der Waals surface area contributed by atoms with Crippen LogP contribution in [0, 0.1) is 6.92 Å². The van der Waals surface area contributed by atoms with Gasteiger partial charge in [0, 0.05) is 13.1 Å². The predicted octanol–water partition coefficient (Wildman–Crippen LogP) is 3.67. The Hall–Kier alpha value is -0.900. The molecule has 3 nitrogen and oxygen atoms in total. The minimum absolute atomic E-state index is 0.762. The van der Waals surface area contributed by atoms with Crippen LogP contribution in [0.2, 0.25) is 0 Å². The molecule has 0 spiro atoms. The molecule has 0 unspecified atom stereocenters. The third-order valence-corrected chi connectivity index (χ3v) is 3.91. The van der Waals surface area contributed by atoms with Gasteiger partial charge in [-0.05, 0) is 19.8 Å². The number of nitrogens with zero attached hydrogens (tertiary/aromatic N) is 2. The van der Waals surface area contributed by atoms with Gasteiger partial charge in [0.2, 0.25) is 0 Å². The van der Waals surface area contributed by atoms with E-state index in [1.165, 1.54) is 37.0 Å². The lowest BCUT2D eigenvalue weighted by molar-refractivity contribution is 0.112. The Bertz CT molecular complexity index is 341. The van der Waals surface area contributed by atoms with Gasteiger partial charge in [-0.15, -0.1) is 0 Å². The summed E-state index contributed by atoms with van der Waals surface area (Å²) in [4.78, 5) is 18.4. The van der Waals surface area contributed by atoms with Crippen molar-refractivity contribution in [2.24, 2.45) is 0 Å². The molecular weight excluding hydrogens is 232 g/mol. The van der Waals surface area contributed by atoms with Gasteiger partial charge in [0.15, 0.2) is 11.4 Å². The zero-order valence-corrected chi connectivity index (χ0v) is 11.8. The van der Waals surface area contributed by atoms with Gasteiger partial charge in [0.25, 0.3) is 0 Å². The van der Waals surface area contributed by atoms with E-state index in [-0.39, 0.29) is 0 Å². The van der Waals surface area contributed by atoms with E-state index >= 15 is 0 Å². The van der Waals surface area contributed by atoms with Crippen molar-refractivity contribution in [1.29, 1.82) is 0 Å². The molecule has 0 atom stereocenters.